The van der Waals surface area contributed by atoms with Gasteiger partial charge in [0, 0.05) is 23.2 Å². The molecule has 0 aliphatic heterocycles. The summed E-state index contributed by atoms with van der Waals surface area (Å²) in [5.74, 6) is 0.904. The minimum atomic E-state index is 0.0402. The number of benzene rings is 2. The maximum Gasteiger partial charge on any atom is 0.209 e. The van der Waals surface area contributed by atoms with E-state index in [0.29, 0.717) is 17.8 Å². The van der Waals surface area contributed by atoms with Crippen LogP contribution in [0.1, 0.15) is 35.5 Å². The Balaban J connectivity index is 1.70. The van der Waals surface area contributed by atoms with Crippen LogP contribution in [0.4, 0.5) is 0 Å². The van der Waals surface area contributed by atoms with Crippen LogP contribution < -0.4 is 4.74 Å². The molecule has 1 heterocycles. The second-order valence-corrected chi connectivity index (χ2v) is 7.62. The number of nitrogens with zero attached hydrogens (tertiary/aromatic N) is 1. The van der Waals surface area contributed by atoms with Crippen molar-refractivity contribution in [2.45, 2.75) is 31.4 Å². The highest BCUT2D eigenvalue weighted by atomic mass is 32.2. The Hall–Kier alpha value is -2.72. The van der Waals surface area contributed by atoms with Crippen LogP contribution in [-0.2, 0) is 6.54 Å². The SMILES string of the molecule is CSc1ccc(C(=O)c2cccn2C/C=C/c2cccc(OC(C)C)c2)cc1. The van der Waals surface area contributed by atoms with Gasteiger partial charge in [0.1, 0.15) is 5.75 Å². The van der Waals surface area contributed by atoms with Gasteiger partial charge in [0.05, 0.1) is 11.8 Å². The van der Waals surface area contributed by atoms with E-state index in [0.717, 1.165) is 16.2 Å². The van der Waals surface area contributed by atoms with Crippen molar-refractivity contribution in [1.82, 2.24) is 4.57 Å². The molecular weight excluding hydrogens is 366 g/mol. The summed E-state index contributed by atoms with van der Waals surface area (Å²) in [5.41, 5.74) is 2.48. The fraction of sp³-hybridized carbons (Fsp3) is 0.208. The van der Waals surface area contributed by atoms with Crippen LogP contribution >= 0.6 is 11.8 Å². The van der Waals surface area contributed by atoms with E-state index in [1.165, 1.54) is 0 Å². The topological polar surface area (TPSA) is 31.2 Å². The first-order valence-corrected chi connectivity index (χ1v) is 10.6. The third kappa shape index (κ3) is 5.17. The molecule has 0 amide bonds. The highest BCUT2D eigenvalue weighted by Crippen LogP contribution is 2.18. The molecule has 0 aliphatic rings. The predicted octanol–water partition coefficient (Wildman–Crippen LogP) is 5.94. The maximum absolute atomic E-state index is 12.8. The molecule has 0 bridgehead atoms. The van der Waals surface area contributed by atoms with E-state index in [1.807, 2.05) is 91.5 Å². The van der Waals surface area contributed by atoms with Crippen LogP contribution in [0.25, 0.3) is 6.08 Å². The summed E-state index contributed by atoms with van der Waals surface area (Å²) in [7, 11) is 0. The van der Waals surface area contributed by atoms with Gasteiger partial charge in [-0.15, -0.1) is 11.8 Å². The molecule has 0 unspecified atom stereocenters. The van der Waals surface area contributed by atoms with Gasteiger partial charge >= 0.3 is 0 Å². The van der Waals surface area contributed by atoms with Gasteiger partial charge in [-0.3, -0.25) is 4.79 Å². The Kier molecular flexibility index (Phi) is 6.77. The second-order valence-electron chi connectivity index (χ2n) is 6.74. The lowest BCUT2D eigenvalue weighted by Gasteiger charge is -2.10. The van der Waals surface area contributed by atoms with E-state index < -0.39 is 0 Å². The summed E-state index contributed by atoms with van der Waals surface area (Å²) in [5, 5.41) is 0. The Bertz CT molecular complexity index is 955. The highest BCUT2D eigenvalue weighted by molar-refractivity contribution is 7.98. The van der Waals surface area contributed by atoms with Gasteiger partial charge in [-0.25, -0.2) is 0 Å². The monoisotopic (exact) mass is 391 g/mol. The van der Waals surface area contributed by atoms with Gasteiger partial charge in [-0.1, -0.05) is 24.3 Å². The van der Waals surface area contributed by atoms with Crippen molar-refractivity contribution in [3.8, 4) is 5.75 Å². The van der Waals surface area contributed by atoms with Crippen molar-refractivity contribution in [1.29, 1.82) is 0 Å². The summed E-state index contributed by atoms with van der Waals surface area (Å²) >= 11 is 1.67. The summed E-state index contributed by atoms with van der Waals surface area (Å²) in [4.78, 5) is 14.0. The zero-order valence-electron chi connectivity index (χ0n) is 16.5. The Morgan fingerprint density at radius 3 is 2.61 bits per heavy atom. The first kappa shape index (κ1) is 20.0. The maximum atomic E-state index is 12.8. The normalized spacial score (nSPS) is 11.3. The number of thioether (sulfide) groups is 1. The average Bonchev–Trinajstić information content (AvgIpc) is 3.16. The number of aromatic nitrogens is 1. The Morgan fingerprint density at radius 2 is 1.89 bits per heavy atom. The molecule has 0 atom stereocenters. The van der Waals surface area contributed by atoms with Crippen molar-refractivity contribution in [2.24, 2.45) is 0 Å². The van der Waals surface area contributed by atoms with Crippen molar-refractivity contribution in [3.05, 3.63) is 89.8 Å². The third-order valence-electron chi connectivity index (χ3n) is 4.26. The van der Waals surface area contributed by atoms with Crippen molar-refractivity contribution >= 4 is 23.6 Å². The van der Waals surface area contributed by atoms with Crippen LogP contribution in [0, 0.1) is 0 Å². The minimum absolute atomic E-state index is 0.0402. The molecule has 144 valence electrons. The smallest absolute Gasteiger partial charge is 0.209 e. The molecule has 0 saturated carbocycles. The molecule has 0 fully saturated rings. The van der Waals surface area contributed by atoms with Crippen LogP contribution in [0.5, 0.6) is 5.75 Å². The molecule has 0 spiro atoms. The lowest BCUT2D eigenvalue weighted by molar-refractivity contribution is 0.103. The van der Waals surface area contributed by atoms with Gasteiger partial charge in [0.2, 0.25) is 5.78 Å². The molecule has 4 heteroatoms. The van der Waals surface area contributed by atoms with Gasteiger partial charge in [0.25, 0.3) is 0 Å². The number of carbonyl (C=O) groups is 1. The fourth-order valence-corrected chi connectivity index (χ4v) is 3.34. The zero-order valence-corrected chi connectivity index (χ0v) is 17.3. The van der Waals surface area contributed by atoms with E-state index in [4.69, 9.17) is 4.74 Å². The zero-order chi connectivity index (χ0) is 19.9. The number of hydrogen-bond donors (Lipinski definition) is 0. The molecule has 0 aliphatic carbocycles. The number of ketones is 1. The predicted molar refractivity (Wildman–Crippen MR) is 117 cm³/mol. The van der Waals surface area contributed by atoms with E-state index in [-0.39, 0.29) is 11.9 Å². The molecule has 3 aromatic rings. The quantitative estimate of drug-likeness (QED) is 0.352. The van der Waals surface area contributed by atoms with Crippen molar-refractivity contribution in [3.63, 3.8) is 0 Å². The first-order chi connectivity index (χ1) is 13.6. The first-order valence-electron chi connectivity index (χ1n) is 9.34. The number of carbonyl (C=O) groups excluding carboxylic acids is 1. The average molecular weight is 392 g/mol. The fourth-order valence-electron chi connectivity index (χ4n) is 2.94. The summed E-state index contributed by atoms with van der Waals surface area (Å²) in [6.45, 7) is 4.66. The molecular formula is C24H25NO2S. The van der Waals surface area contributed by atoms with E-state index >= 15 is 0 Å². The van der Waals surface area contributed by atoms with E-state index in [1.54, 1.807) is 11.8 Å². The molecule has 2 aromatic carbocycles. The van der Waals surface area contributed by atoms with Crippen LogP contribution in [0.2, 0.25) is 0 Å². The lowest BCUT2D eigenvalue weighted by atomic mass is 10.1. The molecule has 3 rings (SSSR count). The van der Waals surface area contributed by atoms with Gasteiger partial charge in [-0.05, 0) is 74.2 Å². The third-order valence-corrected chi connectivity index (χ3v) is 5.00. The molecule has 3 nitrogen and oxygen atoms in total. The van der Waals surface area contributed by atoms with Gasteiger partial charge in [-0.2, -0.15) is 0 Å². The number of allylic oxidation sites excluding steroid dienone is 1. The second kappa shape index (κ2) is 9.47. The summed E-state index contributed by atoms with van der Waals surface area (Å²) in [6, 6.07) is 19.5. The van der Waals surface area contributed by atoms with Crippen molar-refractivity contribution in [2.75, 3.05) is 6.26 Å². The largest absolute Gasteiger partial charge is 0.491 e. The van der Waals surface area contributed by atoms with Gasteiger partial charge < -0.3 is 9.30 Å². The van der Waals surface area contributed by atoms with Crippen LogP contribution in [-0.4, -0.2) is 22.7 Å². The number of ether oxygens (including phenoxy) is 1. The lowest BCUT2D eigenvalue weighted by Crippen LogP contribution is -2.09. The van der Waals surface area contributed by atoms with E-state index in [9.17, 15) is 4.79 Å². The molecule has 0 radical (unpaired) electrons. The molecule has 28 heavy (non-hydrogen) atoms. The molecule has 0 N–H and O–H groups in total. The van der Waals surface area contributed by atoms with E-state index in [2.05, 4.69) is 12.2 Å². The highest BCUT2D eigenvalue weighted by Gasteiger charge is 2.12. The standard InChI is InChI=1S/C24H25NO2S/c1-18(2)27-21-9-4-7-19(17-21)8-5-15-25-16-6-10-23(25)24(26)20-11-13-22(28-3)14-12-20/h4-14,16-18H,15H2,1-3H3/b8-5+. The minimum Gasteiger partial charge on any atom is -0.491 e. The Morgan fingerprint density at radius 1 is 1.11 bits per heavy atom. The molecule has 1 aromatic heterocycles. The van der Waals surface area contributed by atoms with Crippen LogP contribution in [0.3, 0.4) is 0 Å². The van der Waals surface area contributed by atoms with Crippen LogP contribution in [0.15, 0.2) is 77.8 Å². The van der Waals surface area contributed by atoms with Gasteiger partial charge in [0.15, 0.2) is 0 Å². The number of rotatable bonds is 8. The number of hydrogen-bond acceptors (Lipinski definition) is 3. The molecule has 0 saturated heterocycles. The van der Waals surface area contributed by atoms with Crippen molar-refractivity contribution < 1.29 is 9.53 Å². The summed E-state index contributed by atoms with van der Waals surface area (Å²) < 4.78 is 7.71. The summed E-state index contributed by atoms with van der Waals surface area (Å²) in [6.07, 6.45) is 8.22. The Labute approximate surface area is 171 Å².